The van der Waals surface area contributed by atoms with Crippen molar-refractivity contribution in [2.75, 3.05) is 34.2 Å². The van der Waals surface area contributed by atoms with Gasteiger partial charge in [0.25, 0.3) is 0 Å². The summed E-state index contributed by atoms with van der Waals surface area (Å²) in [6.45, 7) is 3.64. The van der Waals surface area contributed by atoms with Crippen LogP contribution < -0.4 is 5.73 Å². The van der Waals surface area contributed by atoms with Gasteiger partial charge in [-0.25, -0.2) is 0 Å². The smallest absolute Gasteiger partial charge is 0.0588 e. The second kappa shape index (κ2) is 7.37. The van der Waals surface area contributed by atoms with E-state index in [0.29, 0.717) is 6.54 Å². The largest absolute Gasteiger partial charge is 0.326 e. The number of hydrogen-bond acceptors (Lipinski definition) is 4. The predicted octanol–water partition coefficient (Wildman–Crippen LogP) is 0.924. The van der Waals surface area contributed by atoms with Crippen LogP contribution in [0.15, 0.2) is 18.3 Å². The molecule has 0 fully saturated rings. The summed E-state index contributed by atoms with van der Waals surface area (Å²) in [7, 11) is 6.33. The first-order valence-electron chi connectivity index (χ1n) is 6.09. The Labute approximate surface area is 104 Å². The average molecular weight is 236 g/mol. The second-order valence-electron chi connectivity index (χ2n) is 4.71. The van der Waals surface area contributed by atoms with Crippen molar-refractivity contribution in [1.29, 1.82) is 0 Å². The van der Waals surface area contributed by atoms with Gasteiger partial charge in [0.05, 0.1) is 5.69 Å². The summed E-state index contributed by atoms with van der Waals surface area (Å²) in [6.07, 6.45) is 3.01. The summed E-state index contributed by atoms with van der Waals surface area (Å²) in [5.41, 5.74) is 7.95. The SMILES string of the molecule is CN(C)CCCN(C)Cc1ncccc1CN. The van der Waals surface area contributed by atoms with Crippen molar-refractivity contribution in [2.45, 2.75) is 19.5 Å². The lowest BCUT2D eigenvalue weighted by atomic mass is 10.2. The number of pyridine rings is 1. The van der Waals surface area contributed by atoms with Crippen LogP contribution in [0.25, 0.3) is 0 Å². The summed E-state index contributed by atoms with van der Waals surface area (Å²) in [5, 5.41) is 0. The fourth-order valence-corrected chi connectivity index (χ4v) is 1.79. The lowest BCUT2D eigenvalue weighted by Crippen LogP contribution is -2.24. The van der Waals surface area contributed by atoms with E-state index in [0.717, 1.165) is 30.9 Å². The van der Waals surface area contributed by atoms with Crippen LogP contribution >= 0.6 is 0 Å². The number of nitrogens with zero attached hydrogens (tertiary/aromatic N) is 3. The van der Waals surface area contributed by atoms with Gasteiger partial charge < -0.3 is 15.5 Å². The zero-order chi connectivity index (χ0) is 12.7. The molecule has 17 heavy (non-hydrogen) atoms. The molecular weight excluding hydrogens is 212 g/mol. The van der Waals surface area contributed by atoms with Crippen LogP contribution in [0.4, 0.5) is 0 Å². The Morgan fingerprint density at radius 1 is 1.24 bits per heavy atom. The van der Waals surface area contributed by atoms with Crippen LogP contribution in [0, 0.1) is 0 Å². The van der Waals surface area contributed by atoms with E-state index >= 15 is 0 Å². The van der Waals surface area contributed by atoms with Crippen LogP contribution in [0.2, 0.25) is 0 Å². The molecule has 2 N–H and O–H groups in total. The van der Waals surface area contributed by atoms with E-state index in [2.05, 4.69) is 42.0 Å². The first-order valence-corrected chi connectivity index (χ1v) is 6.09. The fourth-order valence-electron chi connectivity index (χ4n) is 1.79. The van der Waals surface area contributed by atoms with Crippen LogP contribution in [0.3, 0.4) is 0 Å². The first kappa shape index (κ1) is 14.1. The van der Waals surface area contributed by atoms with Crippen molar-refractivity contribution < 1.29 is 0 Å². The molecule has 1 aromatic rings. The van der Waals surface area contributed by atoms with Gasteiger partial charge in [-0.15, -0.1) is 0 Å². The summed E-state index contributed by atoms with van der Waals surface area (Å²) in [4.78, 5) is 8.91. The highest BCUT2D eigenvalue weighted by Crippen LogP contribution is 2.07. The van der Waals surface area contributed by atoms with Gasteiger partial charge in [-0.05, 0) is 52.3 Å². The van der Waals surface area contributed by atoms with E-state index in [9.17, 15) is 0 Å². The van der Waals surface area contributed by atoms with Gasteiger partial charge in [-0.1, -0.05) is 6.07 Å². The summed E-state index contributed by atoms with van der Waals surface area (Å²) < 4.78 is 0. The molecule has 0 atom stereocenters. The van der Waals surface area contributed by atoms with Crippen LogP contribution in [-0.4, -0.2) is 49.0 Å². The molecule has 0 spiro atoms. The highest BCUT2D eigenvalue weighted by atomic mass is 15.1. The molecule has 1 heterocycles. The highest BCUT2D eigenvalue weighted by molar-refractivity contribution is 5.19. The maximum absolute atomic E-state index is 5.70. The predicted molar refractivity (Wildman–Crippen MR) is 71.6 cm³/mol. The molecule has 96 valence electrons. The molecule has 0 saturated carbocycles. The molecular formula is C13H24N4. The second-order valence-corrected chi connectivity index (χ2v) is 4.71. The van der Waals surface area contributed by atoms with Gasteiger partial charge in [0.15, 0.2) is 0 Å². The molecule has 0 aliphatic heterocycles. The molecule has 4 heteroatoms. The van der Waals surface area contributed by atoms with E-state index < -0.39 is 0 Å². The molecule has 4 nitrogen and oxygen atoms in total. The Bertz CT molecular complexity index is 325. The Morgan fingerprint density at radius 3 is 2.65 bits per heavy atom. The van der Waals surface area contributed by atoms with Crippen molar-refractivity contribution in [1.82, 2.24) is 14.8 Å². The van der Waals surface area contributed by atoms with Gasteiger partial charge in [0.1, 0.15) is 0 Å². The topological polar surface area (TPSA) is 45.4 Å². The van der Waals surface area contributed by atoms with Crippen molar-refractivity contribution >= 4 is 0 Å². The lowest BCUT2D eigenvalue weighted by Gasteiger charge is -2.18. The number of aromatic nitrogens is 1. The molecule has 1 rings (SSSR count). The average Bonchev–Trinajstić information content (AvgIpc) is 2.29. The maximum atomic E-state index is 5.70. The first-order chi connectivity index (χ1) is 8.13. The molecule has 0 bridgehead atoms. The Hall–Kier alpha value is -0.970. The molecule has 0 radical (unpaired) electrons. The molecule has 0 unspecified atom stereocenters. The third kappa shape index (κ3) is 5.26. The summed E-state index contributed by atoms with van der Waals surface area (Å²) in [5.74, 6) is 0. The number of nitrogens with two attached hydrogens (primary N) is 1. The zero-order valence-corrected chi connectivity index (χ0v) is 11.2. The minimum Gasteiger partial charge on any atom is -0.326 e. The molecule has 0 amide bonds. The molecule has 1 aromatic heterocycles. The third-order valence-corrected chi connectivity index (χ3v) is 2.77. The van der Waals surface area contributed by atoms with Gasteiger partial charge in [-0.2, -0.15) is 0 Å². The Balaban J connectivity index is 2.41. The summed E-state index contributed by atoms with van der Waals surface area (Å²) in [6, 6.07) is 3.99. The lowest BCUT2D eigenvalue weighted by molar-refractivity contribution is 0.291. The number of hydrogen-bond donors (Lipinski definition) is 1. The van der Waals surface area contributed by atoms with Crippen molar-refractivity contribution in [2.24, 2.45) is 5.73 Å². The monoisotopic (exact) mass is 236 g/mol. The van der Waals surface area contributed by atoms with E-state index in [4.69, 9.17) is 5.73 Å². The zero-order valence-electron chi connectivity index (χ0n) is 11.2. The van der Waals surface area contributed by atoms with E-state index in [1.54, 1.807) is 0 Å². The maximum Gasteiger partial charge on any atom is 0.0588 e. The van der Waals surface area contributed by atoms with Gasteiger partial charge in [0, 0.05) is 19.3 Å². The van der Waals surface area contributed by atoms with Crippen molar-refractivity contribution in [3.05, 3.63) is 29.6 Å². The van der Waals surface area contributed by atoms with Crippen LogP contribution in [-0.2, 0) is 13.1 Å². The minimum atomic E-state index is 0.564. The Kier molecular flexibility index (Phi) is 6.11. The van der Waals surface area contributed by atoms with E-state index in [-0.39, 0.29) is 0 Å². The molecule has 0 aromatic carbocycles. The number of rotatable bonds is 7. The summed E-state index contributed by atoms with van der Waals surface area (Å²) >= 11 is 0. The fraction of sp³-hybridized carbons (Fsp3) is 0.615. The van der Waals surface area contributed by atoms with Crippen LogP contribution in [0.1, 0.15) is 17.7 Å². The highest BCUT2D eigenvalue weighted by Gasteiger charge is 2.05. The normalized spacial score (nSPS) is 11.4. The van der Waals surface area contributed by atoms with Crippen molar-refractivity contribution in [3.8, 4) is 0 Å². The van der Waals surface area contributed by atoms with E-state index in [1.807, 2.05) is 12.3 Å². The van der Waals surface area contributed by atoms with E-state index in [1.165, 1.54) is 6.42 Å². The van der Waals surface area contributed by atoms with Gasteiger partial charge in [0.2, 0.25) is 0 Å². The van der Waals surface area contributed by atoms with Crippen molar-refractivity contribution in [3.63, 3.8) is 0 Å². The minimum absolute atomic E-state index is 0.564. The molecule has 0 aliphatic rings. The quantitative estimate of drug-likeness (QED) is 0.765. The molecule has 0 aliphatic carbocycles. The molecule has 0 saturated heterocycles. The Morgan fingerprint density at radius 2 is 2.00 bits per heavy atom. The third-order valence-electron chi connectivity index (χ3n) is 2.77. The van der Waals surface area contributed by atoms with Crippen LogP contribution in [0.5, 0.6) is 0 Å². The van der Waals surface area contributed by atoms with Gasteiger partial charge in [-0.3, -0.25) is 4.98 Å². The standard InChI is InChI=1S/C13H24N4/c1-16(2)8-5-9-17(3)11-13-12(10-14)6-4-7-15-13/h4,6-7H,5,8-11,14H2,1-3H3. The van der Waals surface area contributed by atoms with Gasteiger partial charge >= 0.3 is 0 Å².